The van der Waals surface area contributed by atoms with Crippen molar-refractivity contribution >= 4 is 22.7 Å². The lowest BCUT2D eigenvalue weighted by molar-refractivity contribution is -0.122. The second-order valence-corrected chi connectivity index (χ2v) is 6.42. The van der Waals surface area contributed by atoms with Gasteiger partial charge in [-0.05, 0) is 19.1 Å². The minimum absolute atomic E-state index is 0.0249. The summed E-state index contributed by atoms with van der Waals surface area (Å²) in [6.07, 6.45) is 0. The number of hydrogen-bond donors (Lipinski definition) is 2. The topological polar surface area (TPSA) is 82.3 Å². The van der Waals surface area contributed by atoms with Gasteiger partial charge in [0.05, 0.1) is 11.5 Å². The molecule has 6 nitrogen and oxygen atoms in total. The predicted octanol–water partition coefficient (Wildman–Crippen LogP) is 0.655. The van der Waals surface area contributed by atoms with Crippen LogP contribution in [0.25, 0.3) is 10.9 Å². The van der Waals surface area contributed by atoms with Crippen LogP contribution in [0.3, 0.4) is 0 Å². The molecule has 2 atom stereocenters. The summed E-state index contributed by atoms with van der Waals surface area (Å²) in [5.74, 6) is -0.0822. The van der Waals surface area contributed by atoms with E-state index >= 15 is 0 Å². The predicted molar refractivity (Wildman–Crippen MR) is 85.2 cm³/mol. The lowest BCUT2D eigenvalue weighted by Crippen LogP contribution is -2.34. The van der Waals surface area contributed by atoms with Crippen molar-refractivity contribution in [2.24, 2.45) is 11.8 Å². The summed E-state index contributed by atoms with van der Waals surface area (Å²) in [6.45, 7) is 3.56. The third-order valence-corrected chi connectivity index (χ3v) is 4.83. The summed E-state index contributed by atoms with van der Waals surface area (Å²) in [5.41, 5.74) is 1.80. The zero-order valence-electron chi connectivity index (χ0n) is 12.8. The Hall–Kier alpha value is -2.63. The van der Waals surface area contributed by atoms with Gasteiger partial charge in [0.25, 0.3) is 5.91 Å². The molecule has 2 aromatic rings. The number of carbonyl (C=O) groups excluding carboxylic acids is 2. The molecular formula is C17H17N3O3. The van der Waals surface area contributed by atoms with Crippen LogP contribution in [0.15, 0.2) is 29.1 Å². The molecule has 0 radical (unpaired) electrons. The zero-order chi connectivity index (χ0) is 16.1. The van der Waals surface area contributed by atoms with Gasteiger partial charge in [-0.25, -0.2) is 0 Å². The van der Waals surface area contributed by atoms with E-state index in [0.717, 1.165) is 10.9 Å². The summed E-state index contributed by atoms with van der Waals surface area (Å²) < 4.78 is 0. The largest absolute Gasteiger partial charge is 0.355 e. The quantitative estimate of drug-likeness (QED) is 0.811. The first-order valence-electron chi connectivity index (χ1n) is 7.73. The number of aromatic amines is 1. The number of pyridine rings is 1. The maximum absolute atomic E-state index is 12.9. The smallest absolute Gasteiger partial charge is 0.254 e. The van der Waals surface area contributed by atoms with E-state index in [9.17, 15) is 14.4 Å². The molecule has 2 aliphatic rings. The molecule has 2 amide bonds. The zero-order valence-corrected chi connectivity index (χ0v) is 12.8. The highest BCUT2D eigenvalue weighted by molar-refractivity contribution is 6.06. The number of likely N-dealkylation sites (tertiary alicyclic amines) is 1. The fraction of sp³-hybridized carbons (Fsp3) is 0.353. The first-order valence-corrected chi connectivity index (χ1v) is 7.73. The average Bonchev–Trinajstić information content (AvgIpc) is 3.09. The lowest BCUT2D eigenvalue weighted by Gasteiger charge is -2.18. The van der Waals surface area contributed by atoms with E-state index in [1.54, 1.807) is 4.90 Å². The SMILES string of the molecule is Cc1ccc2[nH]c(=O)cc(C(=O)N3C[C@@H]4CNC(=O)[C@@H]4C3)c2c1. The summed E-state index contributed by atoms with van der Waals surface area (Å²) >= 11 is 0. The highest BCUT2D eigenvalue weighted by Crippen LogP contribution is 2.29. The van der Waals surface area contributed by atoms with E-state index in [1.807, 2.05) is 25.1 Å². The Bertz CT molecular complexity index is 886. The monoisotopic (exact) mass is 311 g/mol. The van der Waals surface area contributed by atoms with Gasteiger partial charge in [-0.1, -0.05) is 11.6 Å². The summed E-state index contributed by atoms with van der Waals surface area (Å²) in [4.78, 5) is 41.0. The van der Waals surface area contributed by atoms with Crippen LogP contribution >= 0.6 is 0 Å². The molecule has 2 N–H and O–H groups in total. The lowest BCUT2D eigenvalue weighted by atomic mass is 10.0. The minimum atomic E-state index is -0.290. The van der Waals surface area contributed by atoms with E-state index in [4.69, 9.17) is 0 Å². The average molecular weight is 311 g/mol. The molecule has 1 aromatic carbocycles. The number of hydrogen-bond acceptors (Lipinski definition) is 3. The maximum atomic E-state index is 12.9. The van der Waals surface area contributed by atoms with Crippen LogP contribution in [0.5, 0.6) is 0 Å². The number of nitrogens with one attached hydrogen (secondary N) is 2. The van der Waals surface area contributed by atoms with E-state index in [0.29, 0.717) is 30.7 Å². The molecule has 4 rings (SSSR count). The molecular weight excluding hydrogens is 294 g/mol. The second kappa shape index (κ2) is 4.94. The molecule has 0 spiro atoms. The number of H-pyrrole nitrogens is 1. The van der Waals surface area contributed by atoms with Crippen LogP contribution in [-0.4, -0.2) is 41.3 Å². The van der Waals surface area contributed by atoms with Gasteiger partial charge in [0.1, 0.15) is 0 Å². The Morgan fingerprint density at radius 3 is 2.83 bits per heavy atom. The molecule has 2 saturated heterocycles. The van der Waals surface area contributed by atoms with Gasteiger partial charge < -0.3 is 15.2 Å². The number of fused-ring (bicyclic) bond motifs is 2. The molecule has 2 aliphatic heterocycles. The van der Waals surface area contributed by atoms with Gasteiger partial charge in [-0.15, -0.1) is 0 Å². The Balaban J connectivity index is 1.74. The third kappa shape index (κ3) is 2.21. The molecule has 0 unspecified atom stereocenters. The van der Waals surface area contributed by atoms with Crippen LogP contribution in [0, 0.1) is 18.8 Å². The Labute approximate surface area is 132 Å². The molecule has 118 valence electrons. The maximum Gasteiger partial charge on any atom is 0.254 e. The number of carbonyl (C=O) groups is 2. The normalized spacial score (nSPS) is 23.2. The number of nitrogens with zero attached hydrogens (tertiary/aromatic N) is 1. The number of amides is 2. The van der Waals surface area contributed by atoms with Gasteiger partial charge in [-0.3, -0.25) is 14.4 Å². The fourth-order valence-corrected chi connectivity index (χ4v) is 3.62. The first kappa shape index (κ1) is 14.0. The Morgan fingerprint density at radius 2 is 2.04 bits per heavy atom. The Morgan fingerprint density at radius 1 is 1.22 bits per heavy atom. The van der Waals surface area contributed by atoms with Gasteiger partial charge in [-0.2, -0.15) is 0 Å². The van der Waals surface area contributed by atoms with Crippen molar-refractivity contribution in [1.82, 2.24) is 15.2 Å². The van der Waals surface area contributed by atoms with E-state index in [2.05, 4.69) is 10.3 Å². The van der Waals surface area contributed by atoms with Crippen molar-refractivity contribution in [3.05, 3.63) is 45.7 Å². The summed E-state index contributed by atoms with van der Waals surface area (Å²) in [6, 6.07) is 6.98. The highest BCUT2D eigenvalue weighted by Gasteiger charge is 2.43. The number of aryl methyl sites for hydroxylation is 1. The van der Waals surface area contributed by atoms with Gasteiger partial charge in [0.2, 0.25) is 11.5 Å². The standard InChI is InChI=1S/C17H17N3O3/c1-9-2-3-14-11(4-9)12(5-15(21)19-14)17(23)20-7-10-6-18-16(22)13(10)8-20/h2-5,10,13H,6-8H2,1H3,(H,18,22)(H,19,21)/t10-,13+/m0/s1. The third-order valence-electron chi connectivity index (χ3n) is 4.83. The minimum Gasteiger partial charge on any atom is -0.355 e. The molecule has 1 aromatic heterocycles. The molecule has 0 aliphatic carbocycles. The summed E-state index contributed by atoms with van der Waals surface area (Å²) in [7, 11) is 0. The molecule has 0 saturated carbocycles. The fourth-order valence-electron chi connectivity index (χ4n) is 3.62. The molecule has 6 heteroatoms. The number of rotatable bonds is 1. The van der Waals surface area contributed by atoms with E-state index in [1.165, 1.54) is 6.07 Å². The van der Waals surface area contributed by atoms with Crippen LogP contribution < -0.4 is 10.9 Å². The van der Waals surface area contributed by atoms with Crippen LogP contribution in [0.2, 0.25) is 0 Å². The van der Waals surface area contributed by atoms with Crippen LogP contribution in [0.4, 0.5) is 0 Å². The summed E-state index contributed by atoms with van der Waals surface area (Å²) in [5, 5.41) is 3.58. The second-order valence-electron chi connectivity index (χ2n) is 6.42. The van der Waals surface area contributed by atoms with Gasteiger partial charge >= 0.3 is 0 Å². The molecule has 23 heavy (non-hydrogen) atoms. The molecule has 3 heterocycles. The molecule has 2 fully saturated rings. The van der Waals surface area contributed by atoms with E-state index in [-0.39, 0.29) is 29.2 Å². The Kier molecular flexibility index (Phi) is 3.01. The van der Waals surface area contributed by atoms with Crippen molar-refractivity contribution in [3.8, 4) is 0 Å². The first-order chi connectivity index (χ1) is 11.0. The van der Waals surface area contributed by atoms with Crippen LogP contribution in [-0.2, 0) is 4.79 Å². The van der Waals surface area contributed by atoms with Crippen molar-refractivity contribution < 1.29 is 9.59 Å². The highest BCUT2D eigenvalue weighted by atomic mass is 16.2. The van der Waals surface area contributed by atoms with Gasteiger partial charge in [0, 0.05) is 42.5 Å². The number of aromatic nitrogens is 1. The molecule has 0 bridgehead atoms. The van der Waals surface area contributed by atoms with Crippen molar-refractivity contribution in [3.63, 3.8) is 0 Å². The van der Waals surface area contributed by atoms with Gasteiger partial charge in [0.15, 0.2) is 0 Å². The van der Waals surface area contributed by atoms with Crippen molar-refractivity contribution in [2.75, 3.05) is 19.6 Å². The number of benzene rings is 1. The van der Waals surface area contributed by atoms with Crippen LogP contribution in [0.1, 0.15) is 15.9 Å². The van der Waals surface area contributed by atoms with Crippen molar-refractivity contribution in [2.45, 2.75) is 6.92 Å². The van der Waals surface area contributed by atoms with E-state index < -0.39 is 0 Å². The van der Waals surface area contributed by atoms with Crippen molar-refractivity contribution in [1.29, 1.82) is 0 Å².